The van der Waals surface area contributed by atoms with Crippen molar-refractivity contribution in [1.82, 2.24) is 9.97 Å². The van der Waals surface area contributed by atoms with E-state index < -0.39 is 12.5 Å². The Bertz CT molecular complexity index is 2520. The lowest BCUT2D eigenvalue weighted by Crippen LogP contribution is -2.00. The van der Waals surface area contributed by atoms with Crippen molar-refractivity contribution in [3.05, 3.63) is 130 Å². The second-order valence-corrected chi connectivity index (χ2v) is 11.4. The molecule has 0 amide bonds. The van der Waals surface area contributed by atoms with E-state index >= 15 is 0 Å². The molecule has 9 heteroatoms. The molecule has 0 saturated carbocycles. The van der Waals surface area contributed by atoms with E-state index in [-0.39, 0.29) is 22.5 Å². The van der Waals surface area contributed by atoms with E-state index in [2.05, 4.69) is 0 Å². The van der Waals surface area contributed by atoms with Crippen LogP contribution in [0.2, 0.25) is 0 Å². The first kappa shape index (κ1) is 30.3. The minimum Gasteiger partial charge on any atom is -0.295 e. The summed E-state index contributed by atoms with van der Waals surface area (Å²) in [5, 5.41) is 40.0. The summed E-state index contributed by atoms with van der Waals surface area (Å²) >= 11 is 0. The molecule has 1 aromatic heterocycles. The van der Waals surface area contributed by atoms with Crippen LogP contribution in [0.5, 0.6) is 0 Å². The van der Waals surface area contributed by atoms with Crippen LogP contribution in [0.15, 0.2) is 96.1 Å². The Labute approximate surface area is 279 Å². The van der Waals surface area contributed by atoms with Crippen molar-refractivity contribution in [3.63, 3.8) is 0 Å². The average molecular weight is 635 g/mol. The molecule has 7 rings (SSSR count). The maximum Gasteiger partial charge on any atom is 0.193 e. The van der Waals surface area contributed by atoms with E-state index in [1.165, 1.54) is 6.92 Å². The maximum atomic E-state index is 12.9. The molecule has 1 heterocycles. The molecule has 0 unspecified atom stereocenters. The number of alkyl halides is 1. The molecule has 0 bridgehead atoms. The summed E-state index contributed by atoms with van der Waals surface area (Å²) in [5.41, 5.74) is 8.01. The summed E-state index contributed by atoms with van der Waals surface area (Å²) in [5.74, 6) is -0.674. The average Bonchev–Trinajstić information content (AvgIpc) is 3.62. The van der Waals surface area contributed by atoms with Gasteiger partial charge in [0.25, 0.3) is 0 Å². The van der Waals surface area contributed by atoms with Crippen LogP contribution in [0, 0.1) is 45.3 Å². The van der Waals surface area contributed by atoms with Crippen LogP contribution in [0.25, 0.3) is 55.9 Å². The van der Waals surface area contributed by atoms with Crippen molar-refractivity contribution in [2.75, 3.05) is 6.67 Å². The van der Waals surface area contributed by atoms with Crippen molar-refractivity contribution in [2.24, 2.45) is 0 Å². The van der Waals surface area contributed by atoms with Crippen molar-refractivity contribution >= 4 is 22.7 Å². The van der Waals surface area contributed by atoms with Gasteiger partial charge in [-0.15, -0.1) is 0 Å². The standard InChI is InChI=1S/C40H19FN6O2/c1-21(48)22-2-4-23(5-3-22)26-10-12-30-32(14-26)35(28(17-42)18-43)39-37(30)46-40-36(29(19-44)20-45)33-15-27(11-13-31(33)38(40)47-39)24-6-8-25(9-7-24)34(49)16-41/h2-15H,16H2,1H3. The topological polar surface area (TPSA) is 155 Å². The second kappa shape index (κ2) is 11.8. The zero-order chi connectivity index (χ0) is 34.4. The molecule has 49 heavy (non-hydrogen) atoms. The van der Waals surface area contributed by atoms with Gasteiger partial charge < -0.3 is 0 Å². The molecule has 0 aliphatic heterocycles. The summed E-state index contributed by atoms with van der Waals surface area (Å²) in [6.45, 7) is 0.400. The smallest absolute Gasteiger partial charge is 0.193 e. The molecule has 5 aromatic rings. The molecule has 2 aliphatic carbocycles. The predicted molar refractivity (Wildman–Crippen MR) is 179 cm³/mol. The minimum atomic E-state index is -1.09. The van der Waals surface area contributed by atoms with E-state index in [1.54, 1.807) is 42.5 Å². The van der Waals surface area contributed by atoms with E-state index in [0.717, 1.165) is 22.3 Å². The lowest BCUT2D eigenvalue weighted by Gasteiger charge is -2.08. The third kappa shape index (κ3) is 4.79. The summed E-state index contributed by atoms with van der Waals surface area (Å²) in [6, 6.07) is 32.6. The van der Waals surface area contributed by atoms with Gasteiger partial charge in [-0.25, -0.2) is 14.4 Å². The molecule has 8 nitrogen and oxygen atoms in total. The number of nitrogens with zero attached hydrogens (tertiary/aromatic N) is 6. The molecule has 4 aromatic carbocycles. The van der Waals surface area contributed by atoms with Crippen LogP contribution in [0.4, 0.5) is 4.39 Å². The van der Waals surface area contributed by atoms with E-state index in [4.69, 9.17) is 9.97 Å². The van der Waals surface area contributed by atoms with Crippen molar-refractivity contribution in [2.45, 2.75) is 6.92 Å². The summed E-state index contributed by atoms with van der Waals surface area (Å²) in [4.78, 5) is 33.6. The Hall–Kier alpha value is -7.33. The Morgan fingerprint density at radius 3 is 1.31 bits per heavy atom. The summed E-state index contributed by atoms with van der Waals surface area (Å²) in [6.07, 6.45) is 0. The lowest BCUT2D eigenvalue weighted by molar-refractivity contribution is 0.0957. The number of hydrogen-bond donors (Lipinski definition) is 0. The van der Waals surface area contributed by atoms with Gasteiger partial charge in [0.05, 0.1) is 11.4 Å². The number of carbonyl (C=O) groups excluding carboxylic acids is 2. The highest BCUT2D eigenvalue weighted by Crippen LogP contribution is 2.51. The molecule has 0 fully saturated rings. The van der Waals surface area contributed by atoms with E-state index in [9.17, 15) is 35.0 Å². The van der Waals surface area contributed by atoms with Crippen LogP contribution < -0.4 is 0 Å². The largest absolute Gasteiger partial charge is 0.295 e. The van der Waals surface area contributed by atoms with Gasteiger partial charge in [0.15, 0.2) is 18.2 Å². The van der Waals surface area contributed by atoms with E-state index in [0.29, 0.717) is 61.7 Å². The maximum absolute atomic E-state index is 12.9. The van der Waals surface area contributed by atoms with Gasteiger partial charge in [-0.2, -0.15) is 21.0 Å². The first-order valence-corrected chi connectivity index (χ1v) is 14.9. The number of carbonyl (C=O) groups is 2. The number of hydrogen-bond acceptors (Lipinski definition) is 8. The molecule has 228 valence electrons. The molecule has 0 spiro atoms. The van der Waals surface area contributed by atoms with Crippen LogP contribution >= 0.6 is 0 Å². The number of halogens is 1. The predicted octanol–water partition coefficient (Wildman–Crippen LogP) is 7.82. The Kier molecular flexibility index (Phi) is 7.30. The number of aromatic nitrogens is 2. The van der Waals surface area contributed by atoms with Crippen molar-refractivity contribution < 1.29 is 14.0 Å². The van der Waals surface area contributed by atoms with Crippen LogP contribution in [-0.2, 0) is 0 Å². The molecular weight excluding hydrogens is 615 g/mol. The van der Waals surface area contributed by atoms with Gasteiger partial charge in [0.1, 0.15) is 46.8 Å². The molecule has 0 N–H and O–H groups in total. The van der Waals surface area contributed by atoms with Gasteiger partial charge in [-0.3, -0.25) is 9.59 Å². The van der Waals surface area contributed by atoms with Gasteiger partial charge in [0, 0.05) is 33.4 Å². The third-order valence-corrected chi connectivity index (χ3v) is 8.69. The fraction of sp³-hybridized carbons (Fsp3) is 0.0500. The second-order valence-electron chi connectivity index (χ2n) is 11.4. The van der Waals surface area contributed by atoms with Gasteiger partial charge in [-0.05, 0) is 52.4 Å². The quantitative estimate of drug-likeness (QED) is 0.137. The first-order valence-electron chi connectivity index (χ1n) is 14.9. The van der Waals surface area contributed by atoms with Gasteiger partial charge >= 0.3 is 0 Å². The molecular formula is C40H19FN6O2. The van der Waals surface area contributed by atoms with Crippen molar-refractivity contribution in [1.29, 1.82) is 21.0 Å². The fourth-order valence-electron chi connectivity index (χ4n) is 6.29. The molecule has 0 atom stereocenters. The highest BCUT2D eigenvalue weighted by molar-refractivity contribution is 6.07. The molecule has 2 aliphatic rings. The number of nitriles is 4. The molecule has 0 saturated heterocycles. The number of ketones is 2. The number of Topliss-reactive ketones (excluding diaryl/α,β-unsaturated/α-hetero) is 2. The number of allylic oxidation sites excluding steroid dienone is 2. The summed E-state index contributed by atoms with van der Waals surface area (Å²) in [7, 11) is 0. The summed E-state index contributed by atoms with van der Waals surface area (Å²) < 4.78 is 12.9. The lowest BCUT2D eigenvalue weighted by atomic mass is 9.95. The van der Waals surface area contributed by atoms with Crippen molar-refractivity contribution in [3.8, 4) is 69.0 Å². The first-order chi connectivity index (χ1) is 23.8. The minimum absolute atomic E-state index is 0.0530. The zero-order valence-corrected chi connectivity index (χ0v) is 25.7. The highest BCUT2D eigenvalue weighted by Gasteiger charge is 2.36. The Morgan fingerprint density at radius 1 is 0.551 bits per heavy atom. The van der Waals surface area contributed by atoms with Crippen LogP contribution in [-0.4, -0.2) is 28.2 Å². The Morgan fingerprint density at radius 2 is 0.939 bits per heavy atom. The highest BCUT2D eigenvalue weighted by atomic mass is 19.1. The fourth-order valence-corrected chi connectivity index (χ4v) is 6.29. The monoisotopic (exact) mass is 634 g/mol. The normalized spacial score (nSPS) is 11.6. The SMILES string of the molecule is CC(=O)c1ccc(-c2ccc3c(c2)C(=C(C#N)C#N)c2nc4c(nc2-3)C(=C(C#N)C#N)c2cc(-c3ccc(C(=O)CF)cc3)ccc2-4)cc1. The third-order valence-electron chi connectivity index (χ3n) is 8.69. The molecule has 0 radical (unpaired) electrons. The van der Waals surface area contributed by atoms with Gasteiger partial charge in [-0.1, -0.05) is 72.8 Å². The van der Waals surface area contributed by atoms with Crippen LogP contribution in [0.3, 0.4) is 0 Å². The number of rotatable bonds is 5. The van der Waals surface area contributed by atoms with Gasteiger partial charge in [0.2, 0.25) is 0 Å². The van der Waals surface area contributed by atoms with Crippen LogP contribution in [0.1, 0.15) is 50.2 Å². The Balaban J connectivity index is 1.41. The number of benzene rings is 4. The zero-order valence-electron chi connectivity index (χ0n) is 25.7. The van der Waals surface area contributed by atoms with E-state index in [1.807, 2.05) is 66.7 Å². The number of fused-ring (bicyclic) bond motifs is 6.